The van der Waals surface area contributed by atoms with Gasteiger partial charge in [-0.2, -0.15) is 0 Å². The van der Waals surface area contributed by atoms with E-state index in [1.54, 1.807) is 0 Å². The molecule has 15 heavy (non-hydrogen) atoms. The second-order valence-corrected chi connectivity index (χ2v) is 3.79. The Hall–Kier alpha value is -0.800. The van der Waals surface area contributed by atoms with E-state index in [1.807, 2.05) is 19.2 Å². The number of rotatable bonds is 6. The van der Waals surface area contributed by atoms with E-state index in [-0.39, 0.29) is 0 Å². The van der Waals surface area contributed by atoms with Gasteiger partial charge >= 0.3 is 0 Å². The minimum atomic E-state index is 0.688. The van der Waals surface area contributed by atoms with Gasteiger partial charge in [-0.3, -0.25) is 0 Å². The van der Waals surface area contributed by atoms with Gasteiger partial charge in [-0.1, -0.05) is 18.5 Å². The van der Waals surface area contributed by atoms with Crippen molar-refractivity contribution in [1.82, 2.24) is 10.3 Å². The molecule has 84 valence electrons. The highest BCUT2D eigenvalue weighted by Crippen LogP contribution is 2.19. The van der Waals surface area contributed by atoms with Gasteiger partial charge in [0, 0.05) is 19.3 Å². The summed E-state index contributed by atoms with van der Waals surface area (Å²) in [5.41, 5.74) is 1.12. The van der Waals surface area contributed by atoms with Gasteiger partial charge < -0.3 is 10.6 Å². The number of nitrogens with zero attached hydrogens (tertiary/aromatic N) is 1. The summed E-state index contributed by atoms with van der Waals surface area (Å²) in [7, 11) is 0. The maximum atomic E-state index is 6.07. The summed E-state index contributed by atoms with van der Waals surface area (Å²) in [6.07, 6.45) is 2.99. The van der Waals surface area contributed by atoms with Gasteiger partial charge in [0.15, 0.2) is 0 Å². The van der Waals surface area contributed by atoms with Gasteiger partial charge in [0.2, 0.25) is 0 Å². The van der Waals surface area contributed by atoms with Gasteiger partial charge in [-0.15, -0.1) is 0 Å². The number of aromatic nitrogens is 1. The molecule has 0 atom stereocenters. The molecule has 0 aliphatic carbocycles. The molecular formula is C11H18ClN3. The SMILES string of the molecule is CCCNCc1cnc(NCC)c(Cl)c1. The van der Waals surface area contributed by atoms with Crippen molar-refractivity contribution in [2.24, 2.45) is 0 Å². The largest absolute Gasteiger partial charge is 0.369 e. The molecule has 1 rings (SSSR count). The van der Waals surface area contributed by atoms with Crippen LogP contribution < -0.4 is 10.6 Å². The lowest BCUT2D eigenvalue weighted by Crippen LogP contribution is -2.14. The van der Waals surface area contributed by atoms with Crippen molar-refractivity contribution in [1.29, 1.82) is 0 Å². The van der Waals surface area contributed by atoms with E-state index in [0.717, 1.165) is 37.4 Å². The molecule has 0 radical (unpaired) electrons. The van der Waals surface area contributed by atoms with E-state index in [0.29, 0.717) is 5.02 Å². The zero-order chi connectivity index (χ0) is 11.1. The predicted molar refractivity (Wildman–Crippen MR) is 65.4 cm³/mol. The quantitative estimate of drug-likeness (QED) is 0.734. The van der Waals surface area contributed by atoms with Gasteiger partial charge in [0.25, 0.3) is 0 Å². The third kappa shape index (κ3) is 4.06. The van der Waals surface area contributed by atoms with Crippen LogP contribution >= 0.6 is 11.6 Å². The summed E-state index contributed by atoms with van der Waals surface area (Å²) < 4.78 is 0. The molecule has 1 heterocycles. The molecule has 0 aromatic carbocycles. The Morgan fingerprint density at radius 3 is 2.80 bits per heavy atom. The van der Waals surface area contributed by atoms with Crippen LogP contribution in [0.5, 0.6) is 0 Å². The lowest BCUT2D eigenvalue weighted by Gasteiger charge is -2.07. The van der Waals surface area contributed by atoms with Crippen LogP contribution in [0, 0.1) is 0 Å². The second kappa shape index (κ2) is 6.64. The van der Waals surface area contributed by atoms with E-state index in [9.17, 15) is 0 Å². The molecule has 4 heteroatoms. The third-order valence-corrected chi connectivity index (χ3v) is 2.29. The number of nitrogens with one attached hydrogen (secondary N) is 2. The fraction of sp³-hybridized carbons (Fsp3) is 0.545. The van der Waals surface area contributed by atoms with E-state index in [4.69, 9.17) is 11.6 Å². The van der Waals surface area contributed by atoms with Gasteiger partial charge in [0.1, 0.15) is 5.82 Å². The van der Waals surface area contributed by atoms with Crippen LogP contribution in [0.25, 0.3) is 0 Å². The normalized spacial score (nSPS) is 10.3. The summed E-state index contributed by atoms with van der Waals surface area (Å²) in [4.78, 5) is 4.26. The van der Waals surface area contributed by atoms with E-state index < -0.39 is 0 Å². The second-order valence-electron chi connectivity index (χ2n) is 3.38. The van der Waals surface area contributed by atoms with Crippen molar-refractivity contribution in [3.05, 3.63) is 22.8 Å². The first-order valence-corrected chi connectivity index (χ1v) is 5.74. The van der Waals surface area contributed by atoms with Crippen molar-refractivity contribution < 1.29 is 0 Å². The summed E-state index contributed by atoms with van der Waals surface area (Å²) in [5, 5.41) is 7.11. The molecule has 2 N–H and O–H groups in total. The highest BCUT2D eigenvalue weighted by molar-refractivity contribution is 6.32. The lowest BCUT2D eigenvalue weighted by atomic mass is 10.2. The fourth-order valence-corrected chi connectivity index (χ4v) is 1.54. The summed E-state index contributed by atoms with van der Waals surface area (Å²) in [5.74, 6) is 0.762. The number of anilines is 1. The van der Waals surface area contributed by atoms with Gasteiger partial charge in [0.05, 0.1) is 5.02 Å². The van der Waals surface area contributed by atoms with Crippen molar-refractivity contribution in [3.63, 3.8) is 0 Å². The first-order valence-electron chi connectivity index (χ1n) is 5.37. The van der Waals surface area contributed by atoms with E-state index >= 15 is 0 Å². The number of hydrogen-bond donors (Lipinski definition) is 2. The smallest absolute Gasteiger partial charge is 0.144 e. The minimum Gasteiger partial charge on any atom is -0.369 e. The molecule has 1 aromatic heterocycles. The first-order chi connectivity index (χ1) is 7.27. The molecule has 0 spiro atoms. The van der Waals surface area contributed by atoms with Crippen LogP contribution in [0.4, 0.5) is 5.82 Å². The average molecular weight is 228 g/mol. The Labute approximate surface area is 96.2 Å². The molecule has 0 aliphatic rings. The third-order valence-electron chi connectivity index (χ3n) is 2.00. The highest BCUT2D eigenvalue weighted by Gasteiger charge is 2.01. The molecule has 0 saturated carbocycles. The van der Waals surface area contributed by atoms with Crippen LogP contribution in [-0.4, -0.2) is 18.1 Å². The van der Waals surface area contributed by atoms with Crippen LogP contribution in [0.15, 0.2) is 12.3 Å². The minimum absolute atomic E-state index is 0.688. The van der Waals surface area contributed by atoms with Crippen LogP contribution in [0.2, 0.25) is 5.02 Å². The maximum absolute atomic E-state index is 6.07. The molecule has 3 nitrogen and oxygen atoms in total. The molecule has 0 fully saturated rings. The van der Waals surface area contributed by atoms with E-state index in [1.165, 1.54) is 0 Å². The maximum Gasteiger partial charge on any atom is 0.144 e. The topological polar surface area (TPSA) is 37.0 Å². The Morgan fingerprint density at radius 1 is 1.40 bits per heavy atom. The molecule has 1 aromatic rings. The Morgan fingerprint density at radius 2 is 2.20 bits per heavy atom. The lowest BCUT2D eigenvalue weighted by molar-refractivity contribution is 0.674. The summed E-state index contributed by atoms with van der Waals surface area (Å²) >= 11 is 6.07. The summed E-state index contributed by atoms with van der Waals surface area (Å²) in [6, 6.07) is 1.95. The number of pyridine rings is 1. The Kier molecular flexibility index (Phi) is 5.43. The van der Waals surface area contributed by atoms with Crippen LogP contribution in [0.1, 0.15) is 25.8 Å². The fourth-order valence-electron chi connectivity index (χ4n) is 1.28. The Balaban J connectivity index is 2.56. The zero-order valence-electron chi connectivity index (χ0n) is 9.31. The van der Waals surface area contributed by atoms with E-state index in [2.05, 4.69) is 22.5 Å². The molecular weight excluding hydrogens is 210 g/mol. The van der Waals surface area contributed by atoms with Crippen LogP contribution in [-0.2, 0) is 6.54 Å². The summed E-state index contributed by atoms with van der Waals surface area (Å²) in [6.45, 7) is 6.85. The standard InChI is InChI=1S/C11H18ClN3/c1-3-5-13-7-9-6-10(12)11(14-4-2)15-8-9/h6,8,13H,3-5,7H2,1-2H3,(H,14,15). The van der Waals surface area contributed by atoms with Crippen molar-refractivity contribution >= 4 is 17.4 Å². The van der Waals surface area contributed by atoms with Crippen molar-refractivity contribution in [2.75, 3.05) is 18.4 Å². The zero-order valence-corrected chi connectivity index (χ0v) is 10.1. The highest BCUT2D eigenvalue weighted by atomic mass is 35.5. The van der Waals surface area contributed by atoms with Gasteiger partial charge in [-0.05, 0) is 31.5 Å². The van der Waals surface area contributed by atoms with Crippen LogP contribution in [0.3, 0.4) is 0 Å². The van der Waals surface area contributed by atoms with Gasteiger partial charge in [-0.25, -0.2) is 4.98 Å². The number of hydrogen-bond acceptors (Lipinski definition) is 3. The number of halogens is 1. The average Bonchev–Trinajstić information content (AvgIpc) is 2.23. The molecule has 0 unspecified atom stereocenters. The van der Waals surface area contributed by atoms with Crippen molar-refractivity contribution in [2.45, 2.75) is 26.8 Å². The van der Waals surface area contributed by atoms with Crippen molar-refractivity contribution in [3.8, 4) is 0 Å². The first kappa shape index (κ1) is 12.3. The molecule has 0 amide bonds. The monoisotopic (exact) mass is 227 g/mol. The molecule has 0 saturated heterocycles. The Bertz CT molecular complexity index is 302. The predicted octanol–water partition coefficient (Wildman–Crippen LogP) is 2.67. The molecule has 0 aliphatic heterocycles. The molecule has 0 bridgehead atoms.